The number of ether oxygens (including phenoxy) is 1. The van der Waals surface area contributed by atoms with Crippen molar-refractivity contribution in [3.63, 3.8) is 0 Å². The molecular weight excluding hydrogens is 533 g/mol. The Labute approximate surface area is 229 Å². The molecule has 0 saturated heterocycles. The van der Waals surface area contributed by atoms with Crippen LogP contribution in [0.15, 0.2) is 24.4 Å². The summed E-state index contributed by atoms with van der Waals surface area (Å²) in [6, 6.07) is 5.49. The fourth-order valence-corrected chi connectivity index (χ4v) is 4.06. The van der Waals surface area contributed by atoms with Crippen LogP contribution in [0.2, 0.25) is 0 Å². The number of benzene rings is 1. The largest absolute Gasteiger partial charge is 0.497 e. The molecule has 220 valence electrons. The lowest BCUT2D eigenvalue weighted by Crippen LogP contribution is -2.30. The van der Waals surface area contributed by atoms with E-state index in [9.17, 15) is 27.9 Å². The third-order valence-corrected chi connectivity index (χ3v) is 6.23. The first kappa shape index (κ1) is 32.3. The number of aromatic nitrogens is 3. The van der Waals surface area contributed by atoms with Gasteiger partial charge in [-0.05, 0) is 43.5 Å². The van der Waals surface area contributed by atoms with Gasteiger partial charge >= 0.3 is 12.1 Å². The van der Waals surface area contributed by atoms with E-state index in [1.165, 1.54) is 0 Å². The number of H-pyrrole nitrogens is 2. The lowest BCUT2D eigenvalue weighted by Gasteiger charge is -2.17. The molecule has 0 radical (unpaired) electrons. The topological polar surface area (TPSA) is 157 Å². The summed E-state index contributed by atoms with van der Waals surface area (Å²) < 4.78 is 37.1. The minimum atomic E-state index is -5.08. The average molecular weight is 569 g/mol. The fourth-order valence-electron chi connectivity index (χ4n) is 4.06. The zero-order valence-corrected chi connectivity index (χ0v) is 22.7. The lowest BCUT2D eigenvalue weighted by molar-refractivity contribution is -0.192. The Morgan fingerprint density at radius 2 is 1.85 bits per heavy atom. The SMILES string of the molecule is CCC(=O)CCCCCC(NC(=O)Cc1c(C)[nH]c2ccc(OC)cc12)c1ncc(CO)[nH]1.O=C(O)C(F)(F)F. The number of methoxy groups -OCH3 is 1. The van der Waals surface area contributed by atoms with Gasteiger partial charge in [0.25, 0.3) is 0 Å². The number of rotatable bonds is 13. The molecule has 1 amide bonds. The van der Waals surface area contributed by atoms with Crippen molar-refractivity contribution in [2.45, 2.75) is 77.6 Å². The van der Waals surface area contributed by atoms with E-state index in [4.69, 9.17) is 14.6 Å². The number of alkyl halides is 3. The quantitative estimate of drug-likeness (QED) is 0.188. The van der Waals surface area contributed by atoms with Crippen LogP contribution in [0.5, 0.6) is 5.75 Å². The van der Waals surface area contributed by atoms with Crippen LogP contribution in [0.4, 0.5) is 13.2 Å². The molecule has 0 bridgehead atoms. The van der Waals surface area contributed by atoms with Crippen LogP contribution in [0, 0.1) is 6.92 Å². The number of carboxylic acids is 1. The van der Waals surface area contributed by atoms with E-state index in [-0.39, 0.29) is 30.8 Å². The zero-order chi connectivity index (χ0) is 29.9. The maximum atomic E-state index is 13.0. The van der Waals surface area contributed by atoms with E-state index < -0.39 is 12.1 Å². The second-order valence-corrected chi connectivity index (χ2v) is 9.18. The van der Waals surface area contributed by atoms with Gasteiger partial charge in [-0.3, -0.25) is 9.59 Å². The van der Waals surface area contributed by atoms with E-state index in [0.717, 1.165) is 47.2 Å². The molecule has 1 aromatic carbocycles. The molecule has 0 aliphatic rings. The van der Waals surface area contributed by atoms with Crippen molar-refractivity contribution in [2.24, 2.45) is 0 Å². The van der Waals surface area contributed by atoms with Crippen LogP contribution in [0.3, 0.4) is 0 Å². The molecule has 1 atom stereocenters. The first-order valence-corrected chi connectivity index (χ1v) is 12.8. The molecule has 2 aromatic heterocycles. The molecule has 3 rings (SSSR count). The van der Waals surface area contributed by atoms with Crippen molar-refractivity contribution >= 4 is 28.6 Å². The monoisotopic (exact) mass is 568 g/mol. The van der Waals surface area contributed by atoms with Crippen molar-refractivity contribution in [2.75, 3.05) is 7.11 Å². The smallest absolute Gasteiger partial charge is 0.490 e. The van der Waals surface area contributed by atoms with Gasteiger partial charge in [0.05, 0.1) is 38.1 Å². The number of nitrogens with one attached hydrogen (secondary N) is 3. The van der Waals surface area contributed by atoms with Crippen LogP contribution in [0.1, 0.15) is 74.3 Å². The summed E-state index contributed by atoms with van der Waals surface area (Å²) >= 11 is 0. The first-order chi connectivity index (χ1) is 18.9. The highest BCUT2D eigenvalue weighted by Crippen LogP contribution is 2.27. The standard InChI is InChI=1S/C25H34N4O4.C2HF3O2/c1-4-18(31)8-6-5-7-9-23(25-26-14-17(15-30)28-25)29-24(32)13-20-16(2)27-22-11-10-19(33-3)12-21(20)22;3-2(4,5)1(6)7/h10-12,14,23,27,30H,4-9,13,15H2,1-3H3,(H,26,28)(H,29,32);(H,6,7). The molecule has 1 unspecified atom stereocenters. The number of hydrogen-bond acceptors (Lipinski definition) is 6. The number of unbranched alkanes of at least 4 members (excludes halogenated alkanes) is 2. The first-order valence-electron chi connectivity index (χ1n) is 12.8. The van der Waals surface area contributed by atoms with Gasteiger partial charge in [-0.2, -0.15) is 13.2 Å². The number of hydrogen-bond donors (Lipinski definition) is 5. The number of imidazole rings is 1. The third kappa shape index (κ3) is 9.70. The van der Waals surface area contributed by atoms with E-state index in [1.807, 2.05) is 32.0 Å². The number of ketones is 1. The van der Waals surface area contributed by atoms with Gasteiger partial charge in [0.2, 0.25) is 5.91 Å². The lowest BCUT2D eigenvalue weighted by atomic mass is 10.0. The van der Waals surface area contributed by atoms with Gasteiger partial charge in [-0.1, -0.05) is 19.8 Å². The van der Waals surface area contributed by atoms with Crippen molar-refractivity contribution < 1.29 is 42.5 Å². The Morgan fingerprint density at radius 1 is 1.15 bits per heavy atom. The number of carbonyl (C=O) groups is 3. The molecule has 3 aromatic rings. The second-order valence-electron chi connectivity index (χ2n) is 9.18. The Hall–Kier alpha value is -3.87. The average Bonchev–Trinajstić information content (AvgIpc) is 3.51. The molecule has 0 aliphatic heterocycles. The number of aliphatic carboxylic acids is 1. The van der Waals surface area contributed by atoms with Crippen LogP contribution in [0.25, 0.3) is 10.9 Å². The van der Waals surface area contributed by atoms with Gasteiger partial charge in [0.15, 0.2) is 0 Å². The Bertz CT molecular complexity index is 1290. The Kier molecular flexibility index (Phi) is 12.2. The summed E-state index contributed by atoms with van der Waals surface area (Å²) in [7, 11) is 1.62. The Morgan fingerprint density at radius 3 is 2.42 bits per heavy atom. The summed E-state index contributed by atoms with van der Waals surface area (Å²) in [6.07, 6.45) is 1.24. The maximum Gasteiger partial charge on any atom is 0.490 e. The molecular formula is C27H35F3N4O6. The molecule has 2 heterocycles. The van der Waals surface area contributed by atoms with Crippen LogP contribution < -0.4 is 10.1 Å². The van der Waals surface area contributed by atoms with E-state index >= 15 is 0 Å². The number of fused-ring (bicyclic) bond motifs is 1. The molecule has 10 nitrogen and oxygen atoms in total. The number of nitrogens with zero attached hydrogens (tertiary/aromatic N) is 1. The summed E-state index contributed by atoms with van der Waals surface area (Å²) in [6.45, 7) is 3.71. The summed E-state index contributed by atoms with van der Waals surface area (Å²) in [5.41, 5.74) is 3.46. The van der Waals surface area contributed by atoms with E-state index in [2.05, 4.69) is 20.3 Å². The zero-order valence-electron chi connectivity index (χ0n) is 22.7. The van der Waals surface area contributed by atoms with Gasteiger partial charge in [-0.15, -0.1) is 0 Å². The molecule has 5 N–H and O–H groups in total. The highest BCUT2D eigenvalue weighted by molar-refractivity contribution is 5.91. The van der Waals surface area contributed by atoms with Crippen LogP contribution in [-0.4, -0.2) is 56.1 Å². The number of aliphatic hydroxyl groups is 1. The van der Waals surface area contributed by atoms with Gasteiger partial charge < -0.3 is 30.2 Å². The van der Waals surface area contributed by atoms with Crippen molar-refractivity contribution in [1.82, 2.24) is 20.3 Å². The predicted octanol–water partition coefficient (Wildman–Crippen LogP) is 4.66. The number of carbonyl (C=O) groups excluding carboxylic acids is 2. The van der Waals surface area contributed by atoms with Gasteiger partial charge in [-0.25, -0.2) is 9.78 Å². The molecule has 0 saturated carbocycles. The van der Waals surface area contributed by atoms with Crippen molar-refractivity contribution in [3.8, 4) is 5.75 Å². The van der Waals surface area contributed by atoms with Gasteiger partial charge in [0.1, 0.15) is 17.4 Å². The molecule has 40 heavy (non-hydrogen) atoms. The predicted molar refractivity (Wildman–Crippen MR) is 141 cm³/mol. The van der Waals surface area contributed by atoms with Gasteiger partial charge in [0, 0.05) is 29.4 Å². The minimum Gasteiger partial charge on any atom is -0.497 e. The third-order valence-electron chi connectivity index (χ3n) is 6.23. The number of halogens is 3. The fraction of sp³-hybridized carbons (Fsp3) is 0.481. The molecule has 0 aliphatic carbocycles. The molecule has 13 heteroatoms. The second kappa shape index (κ2) is 15.1. The normalized spacial score (nSPS) is 12.0. The van der Waals surface area contributed by atoms with Crippen molar-refractivity contribution in [1.29, 1.82) is 0 Å². The van der Waals surface area contributed by atoms with Crippen molar-refractivity contribution in [3.05, 3.63) is 47.2 Å². The number of aryl methyl sites for hydroxylation is 1. The number of Topliss-reactive ketones (excluding diaryl/α,β-unsaturated/α-hetero) is 1. The molecule has 0 fully saturated rings. The molecule has 0 spiro atoms. The number of carboxylic acid groups (broad SMARTS) is 1. The number of amides is 1. The summed E-state index contributed by atoms with van der Waals surface area (Å²) in [4.78, 5) is 44.3. The van der Waals surface area contributed by atoms with E-state index in [0.29, 0.717) is 30.8 Å². The number of aliphatic hydroxyl groups excluding tert-OH is 1. The highest BCUT2D eigenvalue weighted by atomic mass is 19.4. The minimum absolute atomic E-state index is 0.102. The Balaban J connectivity index is 0.000000708. The summed E-state index contributed by atoms with van der Waals surface area (Å²) in [5, 5.41) is 20.6. The van der Waals surface area contributed by atoms with E-state index in [1.54, 1.807) is 13.3 Å². The van der Waals surface area contributed by atoms with Crippen LogP contribution >= 0.6 is 0 Å². The number of aromatic amines is 2. The maximum absolute atomic E-state index is 13.0. The van der Waals surface area contributed by atoms with Crippen LogP contribution in [-0.2, 0) is 27.4 Å². The highest BCUT2D eigenvalue weighted by Gasteiger charge is 2.38. The summed E-state index contributed by atoms with van der Waals surface area (Å²) in [5.74, 6) is -1.20.